The van der Waals surface area contributed by atoms with E-state index in [9.17, 15) is 5.11 Å². The molecule has 3 N–H and O–H groups in total. The number of rotatable bonds is 4. The molecule has 104 valence electrons. The Balaban J connectivity index is 0.00000133. The van der Waals surface area contributed by atoms with E-state index in [-0.39, 0.29) is 18.5 Å². The fraction of sp³-hybridized carbons (Fsp3) is 0.429. The lowest BCUT2D eigenvalue weighted by Crippen LogP contribution is -2.29. The van der Waals surface area contributed by atoms with Crippen LogP contribution in [0, 0.1) is 5.92 Å². The molecule has 0 saturated carbocycles. The Morgan fingerprint density at radius 3 is 2.89 bits per heavy atom. The Morgan fingerprint density at radius 1 is 1.32 bits per heavy atom. The number of β-amino-alcohol motifs (C(OH)–C–C–N with tert-alkyl or cyclic N) is 1. The van der Waals surface area contributed by atoms with Gasteiger partial charge in [0.1, 0.15) is 0 Å². The first-order valence-corrected chi connectivity index (χ1v) is 7.21. The number of nitrogens with one attached hydrogen (secondary N) is 2. The van der Waals surface area contributed by atoms with Crippen molar-refractivity contribution in [1.29, 1.82) is 0 Å². The van der Waals surface area contributed by atoms with Crippen molar-refractivity contribution in [3.8, 4) is 0 Å². The van der Waals surface area contributed by atoms with Crippen LogP contribution >= 0.6 is 23.7 Å². The lowest BCUT2D eigenvalue weighted by atomic mass is 10.1. The van der Waals surface area contributed by atoms with Gasteiger partial charge in [0.2, 0.25) is 0 Å². The second kappa shape index (κ2) is 6.68. The topological polar surface area (TPSA) is 44.3 Å². The Labute approximate surface area is 123 Å². The van der Waals surface area contributed by atoms with E-state index in [1.54, 1.807) is 0 Å². The molecule has 2 unspecified atom stereocenters. The van der Waals surface area contributed by atoms with Gasteiger partial charge in [-0.3, -0.25) is 0 Å². The normalized spacial score (nSPS) is 22.6. The molecule has 5 heteroatoms. The largest absolute Gasteiger partial charge is 0.391 e. The third-order valence-electron chi connectivity index (χ3n) is 3.49. The number of fused-ring (bicyclic) bond motifs is 1. The fourth-order valence-electron chi connectivity index (χ4n) is 2.43. The summed E-state index contributed by atoms with van der Waals surface area (Å²) in [4.78, 5) is 1.36. The molecule has 0 amide bonds. The summed E-state index contributed by atoms with van der Waals surface area (Å²) < 4.78 is 1.34. The standard InChI is InChI=1S/C14H18N2OS.ClH/c17-13-9-16-7-11(13)6-15-8-12-5-10-3-1-2-4-14(10)18-12;/h1-5,11,13,15-17H,6-9H2;1H. The minimum absolute atomic E-state index is 0. The van der Waals surface area contributed by atoms with E-state index in [1.807, 2.05) is 11.3 Å². The number of hydrogen-bond acceptors (Lipinski definition) is 4. The van der Waals surface area contributed by atoms with Gasteiger partial charge in [-0.15, -0.1) is 23.7 Å². The molecule has 0 spiro atoms. The smallest absolute Gasteiger partial charge is 0.0716 e. The molecular weight excluding hydrogens is 280 g/mol. The SMILES string of the molecule is Cl.OC1CNCC1CNCc1cc2ccccc2s1. The van der Waals surface area contributed by atoms with E-state index in [0.717, 1.165) is 26.2 Å². The van der Waals surface area contributed by atoms with E-state index in [0.29, 0.717) is 5.92 Å². The van der Waals surface area contributed by atoms with Crippen molar-refractivity contribution in [2.45, 2.75) is 12.6 Å². The van der Waals surface area contributed by atoms with Crippen LogP contribution in [0.15, 0.2) is 30.3 Å². The highest BCUT2D eigenvalue weighted by Crippen LogP contribution is 2.25. The maximum atomic E-state index is 9.70. The van der Waals surface area contributed by atoms with Crippen LogP contribution in [0.1, 0.15) is 4.88 Å². The molecule has 0 radical (unpaired) electrons. The van der Waals surface area contributed by atoms with Crippen molar-refractivity contribution in [1.82, 2.24) is 10.6 Å². The Morgan fingerprint density at radius 2 is 2.16 bits per heavy atom. The lowest BCUT2D eigenvalue weighted by Gasteiger charge is -2.13. The number of halogens is 1. The summed E-state index contributed by atoms with van der Waals surface area (Å²) in [5.74, 6) is 0.347. The zero-order valence-electron chi connectivity index (χ0n) is 10.6. The molecule has 1 saturated heterocycles. The quantitative estimate of drug-likeness (QED) is 0.809. The van der Waals surface area contributed by atoms with Gasteiger partial charge in [-0.1, -0.05) is 18.2 Å². The van der Waals surface area contributed by atoms with Gasteiger partial charge in [0.15, 0.2) is 0 Å². The molecule has 0 bridgehead atoms. The van der Waals surface area contributed by atoms with E-state index in [2.05, 4.69) is 41.0 Å². The maximum absolute atomic E-state index is 9.70. The summed E-state index contributed by atoms with van der Waals surface area (Å²) in [6.07, 6.45) is -0.195. The lowest BCUT2D eigenvalue weighted by molar-refractivity contribution is 0.146. The van der Waals surface area contributed by atoms with Gasteiger partial charge in [0, 0.05) is 41.7 Å². The monoisotopic (exact) mass is 298 g/mol. The zero-order chi connectivity index (χ0) is 12.4. The molecule has 1 aliphatic rings. The van der Waals surface area contributed by atoms with Gasteiger partial charge in [-0.2, -0.15) is 0 Å². The van der Waals surface area contributed by atoms with E-state index >= 15 is 0 Å². The molecule has 3 rings (SSSR count). The molecule has 1 aromatic heterocycles. The molecule has 1 aliphatic heterocycles. The molecule has 1 aromatic carbocycles. The van der Waals surface area contributed by atoms with Crippen LogP contribution < -0.4 is 10.6 Å². The van der Waals surface area contributed by atoms with Crippen molar-refractivity contribution < 1.29 is 5.11 Å². The fourth-order valence-corrected chi connectivity index (χ4v) is 3.47. The third-order valence-corrected chi connectivity index (χ3v) is 4.60. The number of aliphatic hydroxyl groups is 1. The van der Waals surface area contributed by atoms with Gasteiger partial charge < -0.3 is 15.7 Å². The van der Waals surface area contributed by atoms with Crippen LogP contribution in [0.2, 0.25) is 0 Å². The number of hydrogen-bond donors (Lipinski definition) is 3. The van der Waals surface area contributed by atoms with Crippen LogP contribution in [-0.4, -0.2) is 30.8 Å². The Kier molecular flexibility index (Phi) is 5.19. The zero-order valence-corrected chi connectivity index (χ0v) is 12.3. The van der Waals surface area contributed by atoms with Crippen LogP contribution in [-0.2, 0) is 6.54 Å². The van der Waals surface area contributed by atoms with Crippen molar-refractivity contribution in [2.75, 3.05) is 19.6 Å². The van der Waals surface area contributed by atoms with Crippen LogP contribution in [0.4, 0.5) is 0 Å². The van der Waals surface area contributed by atoms with Gasteiger partial charge in [0.25, 0.3) is 0 Å². The summed E-state index contributed by atoms with van der Waals surface area (Å²) in [7, 11) is 0. The van der Waals surface area contributed by atoms with Crippen molar-refractivity contribution in [3.63, 3.8) is 0 Å². The number of benzene rings is 1. The summed E-state index contributed by atoms with van der Waals surface area (Å²) in [5, 5.41) is 17.7. The third kappa shape index (κ3) is 3.46. The van der Waals surface area contributed by atoms with Crippen LogP contribution in [0.5, 0.6) is 0 Å². The maximum Gasteiger partial charge on any atom is 0.0716 e. The average Bonchev–Trinajstić information content (AvgIpc) is 2.96. The molecule has 1 fully saturated rings. The van der Waals surface area contributed by atoms with Crippen molar-refractivity contribution >= 4 is 33.8 Å². The van der Waals surface area contributed by atoms with Gasteiger partial charge in [-0.05, 0) is 17.5 Å². The first kappa shape index (κ1) is 14.8. The summed E-state index contributed by atoms with van der Waals surface area (Å²) in [5.41, 5.74) is 0. The first-order chi connectivity index (χ1) is 8.83. The highest BCUT2D eigenvalue weighted by molar-refractivity contribution is 7.19. The first-order valence-electron chi connectivity index (χ1n) is 6.40. The van der Waals surface area contributed by atoms with Gasteiger partial charge in [-0.25, -0.2) is 0 Å². The minimum atomic E-state index is -0.195. The van der Waals surface area contributed by atoms with E-state index < -0.39 is 0 Å². The number of aliphatic hydroxyl groups excluding tert-OH is 1. The molecular formula is C14H19ClN2OS. The summed E-state index contributed by atoms with van der Waals surface area (Å²) in [6.45, 7) is 3.42. The number of thiophene rings is 1. The second-order valence-electron chi connectivity index (χ2n) is 4.87. The highest BCUT2D eigenvalue weighted by atomic mass is 35.5. The second-order valence-corrected chi connectivity index (χ2v) is 6.04. The minimum Gasteiger partial charge on any atom is -0.391 e. The summed E-state index contributed by atoms with van der Waals surface area (Å²) >= 11 is 1.84. The predicted molar refractivity (Wildman–Crippen MR) is 83.1 cm³/mol. The molecule has 3 nitrogen and oxygen atoms in total. The Bertz CT molecular complexity index is 498. The van der Waals surface area contributed by atoms with Crippen LogP contribution in [0.25, 0.3) is 10.1 Å². The van der Waals surface area contributed by atoms with Crippen molar-refractivity contribution in [3.05, 3.63) is 35.2 Å². The van der Waals surface area contributed by atoms with Crippen molar-refractivity contribution in [2.24, 2.45) is 5.92 Å². The predicted octanol–water partition coefficient (Wildman–Crippen LogP) is 1.99. The van der Waals surface area contributed by atoms with Crippen LogP contribution in [0.3, 0.4) is 0 Å². The molecule has 2 aromatic rings. The molecule has 19 heavy (non-hydrogen) atoms. The average molecular weight is 299 g/mol. The van der Waals surface area contributed by atoms with E-state index in [1.165, 1.54) is 15.0 Å². The summed E-state index contributed by atoms with van der Waals surface area (Å²) in [6, 6.07) is 10.7. The van der Waals surface area contributed by atoms with Gasteiger partial charge >= 0.3 is 0 Å². The molecule has 0 aliphatic carbocycles. The molecule has 2 heterocycles. The van der Waals surface area contributed by atoms with E-state index in [4.69, 9.17) is 0 Å². The van der Waals surface area contributed by atoms with Gasteiger partial charge in [0.05, 0.1) is 6.10 Å². The molecule has 2 atom stereocenters. The highest BCUT2D eigenvalue weighted by Gasteiger charge is 2.23. The Hall–Kier alpha value is -0.650.